The lowest BCUT2D eigenvalue weighted by Crippen LogP contribution is -2.42. The van der Waals surface area contributed by atoms with Crippen molar-refractivity contribution in [1.82, 2.24) is 10.3 Å². The third-order valence-corrected chi connectivity index (χ3v) is 3.89. The molecule has 0 aromatic heterocycles. The van der Waals surface area contributed by atoms with Crippen molar-refractivity contribution in [3.8, 4) is 11.5 Å². The lowest BCUT2D eigenvalue weighted by molar-refractivity contribution is -0.123. The molecule has 132 valence electrons. The predicted molar refractivity (Wildman–Crippen MR) is 91.9 cm³/mol. The Balaban J connectivity index is 1.99. The van der Waals surface area contributed by atoms with Crippen LogP contribution in [0.4, 0.5) is 0 Å². The van der Waals surface area contributed by atoms with Crippen molar-refractivity contribution in [2.75, 3.05) is 47.1 Å². The molecule has 0 aliphatic carbocycles. The maximum absolute atomic E-state index is 11.9. The fourth-order valence-electron chi connectivity index (χ4n) is 2.67. The lowest BCUT2D eigenvalue weighted by atomic mass is 10.1. The van der Waals surface area contributed by atoms with E-state index in [0.717, 1.165) is 36.4 Å². The second kappa shape index (κ2) is 9.24. The molecule has 7 heteroatoms. The van der Waals surface area contributed by atoms with Crippen molar-refractivity contribution >= 4 is 12.1 Å². The van der Waals surface area contributed by atoms with Crippen LogP contribution in [0.15, 0.2) is 17.2 Å². The Morgan fingerprint density at radius 1 is 1.33 bits per heavy atom. The van der Waals surface area contributed by atoms with Gasteiger partial charge in [-0.2, -0.15) is 5.10 Å². The van der Waals surface area contributed by atoms with Gasteiger partial charge in [0.2, 0.25) is 0 Å². The van der Waals surface area contributed by atoms with Gasteiger partial charge in [-0.25, -0.2) is 5.43 Å². The van der Waals surface area contributed by atoms with E-state index in [2.05, 4.69) is 10.5 Å². The summed E-state index contributed by atoms with van der Waals surface area (Å²) in [7, 11) is 3.25. The molecule has 0 atom stereocenters. The van der Waals surface area contributed by atoms with E-state index in [4.69, 9.17) is 14.2 Å². The van der Waals surface area contributed by atoms with Crippen LogP contribution in [0.2, 0.25) is 0 Å². The molecule has 7 nitrogen and oxygen atoms in total. The quantitative estimate of drug-likeness (QED) is 0.596. The summed E-state index contributed by atoms with van der Waals surface area (Å²) in [4.78, 5) is 14.0. The molecule has 1 heterocycles. The summed E-state index contributed by atoms with van der Waals surface area (Å²) in [5.41, 5.74) is 4.33. The molecule has 0 spiro atoms. The number of nitrogens with one attached hydrogen (secondary N) is 1. The highest BCUT2D eigenvalue weighted by atomic mass is 16.5. The highest BCUT2D eigenvalue weighted by Crippen LogP contribution is 2.31. The standard InChI is InChI=1S/C17H25N3O4/c1-4-14-15(22-2)6-5-13(17(14)23-3)11-18-19-16(21)12-20-7-9-24-10-8-20/h5-6,11H,4,7-10,12H2,1-3H3,(H,19,21). The highest BCUT2D eigenvalue weighted by Gasteiger charge is 2.14. The number of amides is 1. The molecule has 1 aliphatic rings. The number of morpholine rings is 1. The van der Waals surface area contributed by atoms with Gasteiger partial charge in [-0.1, -0.05) is 6.92 Å². The molecule has 1 N–H and O–H groups in total. The van der Waals surface area contributed by atoms with Gasteiger partial charge in [0, 0.05) is 24.2 Å². The Labute approximate surface area is 142 Å². The Hall–Kier alpha value is -2.12. The highest BCUT2D eigenvalue weighted by molar-refractivity contribution is 5.86. The summed E-state index contributed by atoms with van der Waals surface area (Å²) in [5, 5.41) is 4.04. The van der Waals surface area contributed by atoms with E-state index in [1.54, 1.807) is 20.4 Å². The number of hydrogen-bond acceptors (Lipinski definition) is 6. The summed E-state index contributed by atoms with van der Waals surface area (Å²) in [5.74, 6) is 1.35. The van der Waals surface area contributed by atoms with Crippen molar-refractivity contribution in [3.63, 3.8) is 0 Å². The first kappa shape index (κ1) is 18.2. The first-order chi connectivity index (χ1) is 11.7. The fraction of sp³-hybridized carbons (Fsp3) is 0.529. The van der Waals surface area contributed by atoms with Crippen molar-refractivity contribution in [3.05, 3.63) is 23.3 Å². The van der Waals surface area contributed by atoms with Gasteiger partial charge in [0.05, 0.1) is 40.2 Å². The number of hydrazone groups is 1. The minimum Gasteiger partial charge on any atom is -0.496 e. The maximum Gasteiger partial charge on any atom is 0.254 e. The van der Waals surface area contributed by atoms with Crippen LogP contribution in [0.5, 0.6) is 11.5 Å². The molecule has 0 bridgehead atoms. The first-order valence-electron chi connectivity index (χ1n) is 8.05. The van der Waals surface area contributed by atoms with Gasteiger partial charge in [-0.3, -0.25) is 9.69 Å². The van der Waals surface area contributed by atoms with Gasteiger partial charge < -0.3 is 14.2 Å². The third kappa shape index (κ3) is 4.69. The monoisotopic (exact) mass is 335 g/mol. The maximum atomic E-state index is 11.9. The molecule has 2 rings (SSSR count). The van der Waals surface area contributed by atoms with E-state index in [1.807, 2.05) is 24.0 Å². The molecule has 1 amide bonds. The zero-order valence-electron chi connectivity index (χ0n) is 14.5. The van der Waals surface area contributed by atoms with Crippen LogP contribution in [0.1, 0.15) is 18.1 Å². The second-order valence-corrected chi connectivity index (χ2v) is 5.40. The zero-order chi connectivity index (χ0) is 17.4. The summed E-state index contributed by atoms with van der Waals surface area (Å²) in [6.45, 7) is 5.22. The molecule has 1 aromatic rings. The van der Waals surface area contributed by atoms with E-state index in [-0.39, 0.29) is 5.91 Å². The summed E-state index contributed by atoms with van der Waals surface area (Å²) in [6, 6.07) is 3.73. The fourth-order valence-corrected chi connectivity index (χ4v) is 2.67. The average molecular weight is 335 g/mol. The molecule has 24 heavy (non-hydrogen) atoms. The number of methoxy groups -OCH3 is 2. The normalized spacial score (nSPS) is 15.5. The van der Waals surface area contributed by atoms with Gasteiger partial charge >= 0.3 is 0 Å². The number of hydrogen-bond donors (Lipinski definition) is 1. The van der Waals surface area contributed by atoms with Crippen LogP contribution < -0.4 is 14.9 Å². The molecule has 0 unspecified atom stereocenters. The number of carbonyl (C=O) groups is 1. The summed E-state index contributed by atoms with van der Waals surface area (Å²) < 4.78 is 16.1. The van der Waals surface area contributed by atoms with Gasteiger partial charge in [0.15, 0.2) is 0 Å². The summed E-state index contributed by atoms with van der Waals surface area (Å²) in [6.07, 6.45) is 2.37. The smallest absolute Gasteiger partial charge is 0.254 e. The topological polar surface area (TPSA) is 72.4 Å². The Bertz CT molecular complexity index is 583. The molecule has 1 aromatic carbocycles. The van der Waals surface area contributed by atoms with Crippen LogP contribution in [0.3, 0.4) is 0 Å². The van der Waals surface area contributed by atoms with E-state index in [1.165, 1.54) is 0 Å². The van der Waals surface area contributed by atoms with Gasteiger partial charge in [-0.15, -0.1) is 0 Å². The molecule has 1 aliphatic heterocycles. The van der Waals surface area contributed by atoms with E-state index >= 15 is 0 Å². The van der Waals surface area contributed by atoms with Crippen LogP contribution >= 0.6 is 0 Å². The molecule has 0 saturated carbocycles. The van der Waals surface area contributed by atoms with E-state index < -0.39 is 0 Å². The van der Waals surface area contributed by atoms with Crippen LogP contribution in [0, 0.1) is 0 Å². The number of nitrogens with zero attached hydrogens (tertiary/aromatic N) is 2. The van der Waals surface area contributed by atoms with Crippen LogP contribution in [-0.4, -0.2) is 64.1 Å². The Kier molecular flexibility index (Phi) is 7.02. The van der Waals surface area contributed by atoms with Crippen LogP contribution in [0.25, 0.3) is 0 Å². The number of ether oxygens (including phenoxy) is 3. The van der Waals surface area contributed by atoms with Crippen molar-refractivity contribution < 1.29 is 19.0 Å². The van der Waals surface area contributed by atoms with Crippen molar-refractivity contribution in [2.24, 2.45) is 5.10 Å². The summed E-state index contributed by atoms with van der Waals surface area (Å²) >= 11 is 0. The third-order valence-electron chi connectivity index (χ3n) is 3.89. The lowest BCUT2D eigenvalue weighted by Gasteiger charge is -2.25. The molecule has 0 radical (unpaired) electrons. The van der Waals surface area contributed by atoms with E-state index in [0.29, 0.717) is 25.5 Å². The first-order valence-corrected chi connectivity index (χ1v) is 8.05. The SMILES string of the molecule is CCc1c(OC)ccc(C=NNC(=O)CN2CCOCC2)c1OC. The van der Waals surface area contributed by atoms with Gasteiger partial charge in [0.25, 0.3) is 5.91 Å². The second-order valence-electron chi connectivity index (χ2n) is 5.40. The predicted octanol–water partition coefficient (Wildman–Crippen LogP) is 1.05. The minimum absolute atomic E-state index is 0.142. The van der Waals surface area contributed by atoms with Crippen molar-refractivity contribution in [1.29, 1.82) is 0 Å². The average Bonchev–Trinajstić information content (AvgIpc) is 2.61. The van der Waals surface area contributed by atoms with E-state index in [9.17, 15) is 4.79 Å². The molecular formula is C17H25N3O4. The van der Waals surface area contributed by atoms with Gasteiger partial charge in [-0.05, 0) is 18.6 Å². The number of rotatable bonds is 7. The zero-order valence-corrected chi connectivity index (χ0v) is 14.5. The number of carbonyl (C=O) groups excluding carboxylic acids is 1. The Morgan fingerprint density at radius 3 is 2.71 bits per heavy atom. The Morgan fingerprint density at radius 2 is 2.08 bits per heavy atom. The molecule has 1 saturated heterocycles. The minimum atomic E-state index is -0.142. The molecule has 1 fully saturated rings. The van der Waals surface area contributed by atoms with Crippen molar-refractivity contribution in [2.45, 2.75) is 13.3 Å². The van der Waals surface area contributed by atoms with Gasteiger partial charge in [0.1, 0.15) is 11.5 Å². The van der Waals surface area contributed by atoms with Crippen LogP contribution in [-0.2, 0) is 16.0 Å². The largest absolute Gasteiger partial charge is 0.496 e. The molecular weight excluding hydrogens is 310 g/mol. The number of benzene rings is 1.